The van der Waals surface area contributed by atoms with Gasteiger partial charge in [0.05, 0.1) is 21.7 Å². The topological polar surface area (TPSA) is 109 Å². The van der Waals surface area contributed by atoms with Crippen LogP contribution < -0.4 is 15.9 Å². The fraction of sp³-hybridized carbons (Fsp3) is 0.360. The summed E-state index contributed by atoms with van der Waals surface area (Å²) in [6, 6.07) is 5.64. The third-order valence-corrected chi connectivity index (χ3v) is 6.70. The second kappa shape index (κ2) is 9.18. The van der Waals surface area contributed by atoms with Crippen LogP contribution in [0.15, 0.2) is 33.6 Å². The minimum absolute atomic E-state index is 0.0126. The Morgan fingerprint density at radius 3 is 2.78 bits per heavy atom. The fourth-order valence-electron chi connectivity index (χ4n) is 4.64. The lowest BCUT2D eigenvalue weighted by atomic mass is 10.1. The molecule has 4 heterocycles. The zero-order valence-electron chi connectivity index (χ0n) is 20.3. The number of aromatic hydroxyl groups is 1. The number of piperazine rings is 1. The van der Waals surface area contributed by atoms with Gasteiger partial charge in [-0.1, -0.05) is 36.7 Å². The maximum Gasteiger partial charge on any atom is 0.356 e. The lowest BCUT2D eigenvalue weighted by Crippen LogP contribution is -2.50. The highest BCUT2D eigenvalue weighted by molar-refractivity contribution is 6.34. The number of aromatic nitrogens is 4. The van der Waals surface area contributed by atoms with E-state index in [0.29, 0.717) is 34.9 Å². The van der Waals surface area contributed by atoms with Gasteiger partial charge in [0.2, 0.25) is 0 Å². The number of nitrogens with zero attached hydrogens (tertiary/aromatic N) is 5. The first-order valence-electron chi connectivity index (χ1n) is 11.7. The first-order chi connectivity index (χ1) is 17.2. The van der Waals surface area contributed by atoms with Gasteiger partial charge < -0.3 is 19.8 Å². The fourth-order valence-corrected chi connectivity index (χ4v) is 4.88. The van der Waals surface area contributed by atoms with Gasteiger partial charge in [-0.05, 0) is 32.0 Å². The number of nitrogens with one attached hydrogen (secondary N) is 1. The third kappa shape index (κ3) is 3.90. The van der Waals surface area contributed by atoms with Crippen LogP contribution in [0.3, 0.4) is 0 Å². The molecule has 1 atom stereocenters. The van der Waals surface area contributed by atoms with Crippen LogP contribution in [0.25, 0.3) is 28.0 Å². The molecule has 0 unspecified atom stereocenters. The van der Waals surface area contributed by atoms with E-state index in [0.717, 1.165) is 13.1 Å². The van der Waals surface area contributed by atoms with E-state index in [2.05, 4.69) is 20.4 Å². The van der Waals surface area contributed by atoms with Crippen LogP contribution in [0.5, 0.6) is 5.75 Å². The zero-order valence-corrected chi connectivity index (χ0v) is 21.1. The van der Waals surface area contributed by atoms with E-state index in [4.69, 9.17) is 16.1 Å². The van der Waals surface area contributed by atoms with Gasteiger partial charge in [0.1, 0.15) is 28.8 Å². The smallest absolute Gasteiger partial charge is 0.356 e. The minimum Gasteiger partial charge on any atom is -0.507 e. The van der Waals surface area contributed by atoms with Crippen LogP contribution in [0, 0.1) is 12.7 Å². The molecule has 1 aliphatic rings. The standard InChI is InChI=1S/C25H26ClFN6O3/c1-12(2)22-21(14(4)31-36-22)33-24-15(23(30-25(33)35)32-9-8-28-11-13(32)3)10-16(26)20(29-24)19-17(27)6-5-7-18(19)34/h5-7,10,12-13,28,34H,8-9,11H2,1-4H3/t13-/m0/s1. The normalized spacial score (nSPS) is 16.3. The molecule has 188 valence electrons. The SMILES string of the molecule is Cc1noc(C(C)C)c1-n1c(=O)nc(N2CCNC[C@@H]2C)c2cc(Cl)c(-c3c(O)cccc3F)nc21. The summed E-state index contributed by atoms with van der Waals surface area (Å²) in [5.74, 6) is -0.149. The molecule has 36 heavy (non-hydrogen) atoms. The molecule has 2 N–H and O–H groups in total. The molecule has 1 aliphatic heterocycles. The predicted molar refractivity (Wildman–Crippen MR) is 136 cm³/mol. The summed E-state index contributed by atoms with van der Waals surface area (Å²) in [7, 11) is 0. The van der Waals surface area contributed by atoms with E-state index in [-0.39, 0.29) is 39.6 Å². The van der Waals surface area contributed by atoms with Gasteiger partial charge >= 0.3 is 5.69 Å². The van der Waals surface area contributed by atoms with Crippen LogP contribution in [-0.2, 0) is 0 Å². The molecule has 5 rings (SSSR count). The predicted octanol–water partition coefficient (Wildman–Crippen LogP) is 4.16. The summed E-state index contributed by atoms with van der Waals surface area (Å²) < 4.78 is 21.7. The minimum atomic E-state index is -0.688. The lowest BCUT2D eigenvalue weighted by Gasteiger charge is -2.35. The van der Waals surface area contributed by atoms with Gasteiger partial charge in [-0.25, -0.2) is 18.7 Å². The first kappa shape index (κ1) is 24.2. The van der Waals surface area contributed by atoms with Crippen LogP contribution in [0.4, 0.5) is 10.2 Å². The first-order valence-corrected chi connectivity index (χ1v) is 12.1. The summed E-state index contributed by atoms with van der Waals surface area (Å²) in [4.78, 5) is 24.8. The summed E-state index contributed by atoms with van der Waals surface area (Å²) >= 11 is 6.64. The number of halogens is 2. The van der Waals surface area contributed by atoms with Gasteiger partial charge in [-0.15, -0.1) is 0 Å². The summed E-state index contributed by atoms with van der Waals surface area (Å²) in [6.45, 7) is 9.69. The van der Waals surface area contributed by atoms with Crippen molar-refractivity contribution >= 4 is 28.5 Å². The van der Waals surface area contributed by atoms with E-state index in [1.807, 2.05) is 25.7 Å². The van der Waals surface area contributed by atoms with Crippen molar-refractivity contribution in [1.29, 1.82) is 0 Å². The monoisotopic (exact) mass is 512 g/mol. The van der Waals surface area contributed by atoms with Crippen LogP contribution in [-0.4, -0.2) is 50.5 Å². The number of pyridine rings is 1. The van der Waals surface area contributed by atoms with Crippen molar-refractivity contribution in [2.24, 2.45) is 0 Å². The summed E-state index contributed by atoms with van der Waals surface area (Å²) in [6.07, 6.45) is 0. The Morgan fingerprint density at radius 2 is 2.08 bits per heavy atom. The Morgan fingerprint density at radius 1 is 1.31 bits per heavy atom. The van der Waals surface area contributed by atoms with Gasteiger partial charge in [0.15, 0.2) is 11.4 Å². The third-order valence-electron chi connectivity index (χ3n) is 6.41. The van der Waals surface area contributed by atoms with Crippen LogP contribution >= 0.6 is 11.6 Å². The van der Waals surface area contributed by atoms with Gasteiger partial charge in [0.25, 0.3) is 0 Å². The van der Waals surface area contributed by atoms with E-state index in [1.54, 1.807) is 13.0 Å². The molecule has 0 aliphatic carbocycles. The molecule has 0 spiro atoms. The molecule has 4 aromatic rings. The number of aryl methyl sites for hydroxylation is 1. The van der Waals surface area contributed by atoms with E-state index >= 15 is 0 Å². The van der Waals surface area contributed by atoms with E-state index in [9.17, 15) is 14.3 Å². The lowest BCUT2D eigenvalue weighted by molar-refractivity contribution is 0.367. The van der Waals surface area contributed by atoms with Gasteiger partial charge in [-0.3, -0.25) is 0 Å². The second-order valence-electron chi connectivity index (χ2n) is 9.26. The molecule has 1 fully saturated rings. The Labute approximate surface area is 211 Å². The molecular weight excluding hydrogens is 487 g/mol. The van der Waals surface area contributed by atoms with Crippen molar-refractivity contribution in [3.8, 4) is 22.7 Å². The summed E-state index contributed by atoms with van der Waals surface area (Å²) in [5.41, 5.74) is 0.424. The maximum absolute atomic E-state index is 14.8. The Balaban J connectivity index is 1.90. The second-order valence-corrected chi connectivity index (χ2v) is 9.67. The van der Waals surface area contributed by atoms with Gasteiger partial charge in [0, 0.05) is 31.6 Å². The molecule has 1 aromatic carbocycles. The molecule has 0 bridgehead atoms. The molecule has 3 aromatic heterocycles. The van der Waals surface area contributed by atoms with Crippen molar-refractivity contribution in [3.05, 3.63) is 57.0 Å². The van der Waals surface area contributed by atoms with Crippen molar-refractivity contribution < 1.29 is 14.0 Å². The van der Waals surface area contributed by atoms with Crippen molar-refractivity contribution in [1.82, 2.24) is 25.0 Å². The molecule has 0 saturated carbocycles. The van der Waals surface area contributed by atoms with Crippen molar-refractivity contribution in [2.75, 3.05) is 24.5 Å². The number of hydrogen-bond donors (Lipinski definition) is 2. The Bertz CT molecular complexity index is 1510. The Hall–Kier alpha value is -3.50. The largest absolute Gasteiger partial charge is 0.507 e. The maximum atomic E-state index is 14.8. The number of fused-ring (bicyclic) bond motifs is 1. The Kier molecular flexibility index (Phi) is 6.17. The highest BCUT2D eigenvalue weighted by atomic mass is 35.5. The number of benzene rings is 1. The molecule has 11 heteroatoms. The van der Waals surface area contributed by atoms with E-state index in [1.165, 1.54) is 22.8 Å². The number of hydrogen-bond acceptors (Lipinski definition) is 8. The van der Waals surface area contributed by atoms with Gasteiger partial charge in [-0.2, -0.15) is 4.98 Å². The van der Waals surface area contributed by atoms with Crippen molar-refractivity contribution in [2.45, 2.75) is 39.7 Å². The molecule has 0 amide bonds. The molecule has 0 radical (unpaired) electrons. The number of anilines is 1. The summed E-state index contributed by atoms with van der Waals surface area (Å²) in [5, 5.41) is 18.5. The van der Waals surface area contributed by atoms with Crippen LogP contribution in [0.1, 0.15) is 38.1 Å². The number of phenolic OH excluding ortho intramolecular Hbond substituents is 1. The van der Waals surface area contributed by atoms with E-state index < -0.39 is 11.5 Å². The molecular formula is C25H26ClFN6O3. The number of rotatable bonds is 4. The van der Waals surface area contributed by atoms with Crippen molar-refractivity contribution in [3.63, 3.8) is 0 Å². The zero-order chi connectivity index (χ0) is 25.7. The average Bonchev–Trinajstić information content (AvgIpc) is 3.21. The highest BCUT2D eigenvalue weighted by Gasteiger charge is 2.29. The molecule has 9 nitrogen and oxygen atoms in total. The quantitative estimate of drug-likeness (QED) is 0.419. The number of phenols is 1. The highest BCUT2D eigenvalue weighted by Crippen LogP contribution is 2.39. The average molecular weight is 513 g/mol. The van der Waals surface area contributed by atoms with Crippen LogP contribution in [0.2, 0.25) is 5.02 Å². The molecule has 1 saturated heterocycles.